The third-order valence-corrected chi connectivity index (χ3v) is 3.17. The Balaban J connectivity index is 2.45. The van der Waals surface area contributed by atoms with Gasteiger partial charge in [-0.05, 0) is 26.9 Å². The molecule has 0 aromatic carbocycles. The molecule has 1 N–H and O–H groups in total. The molecule has 1 atom stereocenters. The fourth-order valence-electron chi connectivity index (χ4n) is 1.27. The highest BCUT2D eigenvalue weighted by Crippen LogP contribution is 2.22. The lowest BCUT2D eigenvalue weighted by Gasteiger charge is -2.11. The van der Waals surface area contributed by atoms with Gasteiger partial charge < -0.3 is 14.6 Å². The summed E-state index contributed by atoms with van der Waals surface area (Å²) in [6.45, 7) is 7.23. The van der Waals surface area contributed by atoms with Crippen LogP contribution in [0.4, 0.5) is 0 Å². The van der Waals surface area contributed by atoms with Crippen LogP contribution in [0.1, 0.15) is 26.7 Å². The number of aromatic nitrogens is 2. The number of rotatable bonds is 7. The van der Waals surface area contributed by atoms with Crippen LogP contribution in [0.2, 0.25) is 0 Å². The first-order valence-electron chi connectivity index (χ1n) is 6.30. The lowest BCUT2D eigenvalue weighted by atomic mass is 10.2. The second-order valence-electron chi connectivity index (χ2n) is 5.10. The van der Waals surface area contributed by atoms with Crippen LogP contribution in [0.5, 0.6) is 0 Å². The van der Waals surface area contributed by atoms with Gasteiger partial charge in [0, 0.05) is 6.54 Å². The van der Waals surface area contributed by atoms with E-state index in [1.165, 1.54) is 11.8 Å². The Bertz CT molecular complexity index is 406. The summed E-state index contributed by atoms with van der Waals surface area (Å²) >= 11 is 1.28. The quantitative estimate of drug-likeness (QED) is 0.764. The van der Waals surface area contributed by atoms with E-state index in [9.17, 15) is 4.79 Å². The van der Waals surface area contributed by atoms with Crippen LogP contribution in [0.25, 0.3) is 0 Å². The molecule has 1 rings (SSSR count). The third kappa shape index (κ3) is 6.07. The number of carbonyl (C=O) groups is 1. The molecule has 19 heavy (non-hydrogen) atoms. The summed E-state index contributed by atoms with van der Waals surface area (Å²) < 4.78 is 5.46. The molecule has 1 amide bonds. The summed E-state index contributed by atoms with van der Waals surface area (Å²) in [6.07, 6.45) is 0. The predicted octanol–water partition coefficient (Wildman–Crippen LogP) is 1.38. The summed E-state index contributed by atoms with van der Waals surface area (Å²) in [6, 6.07) is 0. The molecule has 0 saturated carbocycles. The van der Waals surface area contributed by atoms with Gasteiger partial charge in [-0.2, -0.15) is 0 Å². The maximum absolute atomic E-state index is 11.8. The molecule has 0 aliphatic carbocycles. The molecule has 7 heteroatoms. The summed E-state index contributed by atoms with van der Waals surface area (Å²) in [5.74, 6) is 0.990. The zero-order chi connectivity index (χ0) is 14.4. The van der Waals surface area contributed by atoms with E-state index in [2.05, 4.69) is 29.4 Å². The van der Waals surface area contributed by atoms with Crippen molar-refractivity contribution in [1.82, 2.24) is 20.4 Å². The van der Waals surface area contributed by atoms with Gasteiger partial charge in [0.1, 0.15) is 0 Å². The summed E-state index contributed by atoms with van der Waals surface area (Å²) in [5, 5.41) is 10.9. The molecule has 1 aromatic heterocycles. The van der Waals surface area contributed by atoms with Gasteiger partial charge in [-0.3, -0.25) is 4.79 Å². The minimum Gasteiger partial charge on any atom is -0.415 e. The molecule has 0 saturated heterocycles. The molecule has 6 nitrogen and oxygen atoms in total. The maximum Gasteiger partial charge on any atom is 0.277 e. The Morgan fingerprint density at radius 3 is 2.63 bits per heavy atom. The Morgan fingerprint density at radius 2 is 2.05 bits per heavy atom. The highest BCUT2D eigenvalue weighted by molar-refractivity contribution is 8.00. The molecular formula is C12H22N4O2S. The third-order valence-electron chi connectivity index (χ3n) is 2.23. The van der Waals surface area contributed by atoms with Crippen LogP contribution in [0, 0.1) is 5.92 Å². The van der Waals surface area contributed by atoms with Crippen molar-refractivity contribution in [2.24, 2.45) is 5.92 Å². The van der Waals surface area contributed by atoms with Gasteiger partial charge in [0.15, 0.2) is 0 Å². The number of carbonyl (C=O) groups excluding carboxylic acids is 1. The summed E-state index contributed by atoms with van der Waals surface area (Å²) in [7, 11) is 3.86. The average Bonchev–Trinajstić information content (AvgIpc) is 2.72. The molecule has 1 heterocycles. The van der Waals surface area contributed by atoms with Crippen LogP contribution in [-0.4, -0.2) is 46.9 Å². The van der Waals surface area contributed by atoms with Gasteiger partial charge in [0.2, 0.25) is 11.8 Å². The van der Waals surface area contributed by atoms with Crippen LogP contribution >= 0.6 is 11.8 Å². The van der Waals surface area contributed by atoms with Crippen molar-refractivity contribution in [2.75, 3.05) is 20.6 Å². The standard InChI is InChI=1S/C12H22N4O2S/c1-8(2)6-13-11(17)9(3)19-12-15-14-10(18-12)7-16(4)5/h8-9H,6-7H2,1-5H3,(H,13,17)/t9-/m0/s1. The first kappa shape index (κ1) is 16.0. The largest absolute Gasteiger partial charge is 0.415 e. The molecule has 0 spiro atoms. The van der Waals surface area contributed by atoms with Crippen molar-refractivity contribution >= 4 is 17.7 Å². The van der Waals surface area contributed by atoms with Gasteiger partial charge in [-0.1, -0.05) is 25.6 Å². The van der Waals surface area contributed by atoms with E-state index in [-0.39, 0.29) is 11.2 Å². The normalized spacial score (nSPS) is 13.0. The lowest BCUT2D eigenvalue weighted by molar-refractivity contribution is -0.120. The number of nitrogens with one attached hydrogen (secondary N) is 1. The zero-order valence-corrected chi connectivity index (χ0v) is 13.0. The number of nitrogens with zero attached hydrogens (tertiary/aromatic N) is 3. The van der Waals surface area contributed by atoms with E-state index >= 15 is 0 Å². The van der Waals surface area contributed by atoms with Crippen LogP contribution < -0.4 is 5.32 Å². The van der Waals surface area contributed by atoms with Crippen molar-refractivity contribution < 1.29 is 9.21 Å². The van der Waals surface area contributed by atoms with Crippen LogP contribution in [0.15, 0.2) is 9.64 Å². The molecule has 0 bridgehead atoms. The molecular weight excluding hydrogens is 264 g/mol. The predicted molar refractivity (Wildman–Crippen MR) is 74.9 cm³/mol. The lowest BCUT2D eigenvalue weighted by Crippen LogP contribution is -2.33. The van der Waals surface area contributed by atoms with Crippen LogP contribution in [-0.2, 0) is 11.3 Å². The molecule has 0 aliphatic heterocycles. The number of hydrogen-bond acceptors (Lipinski definition) is 6. The van der Waals surface area contributed by atoms with Crippen molar-refractivity contribution in [3.05, 3.63) is 5.89 Å². The second kappa shape index (κ2) is 7.49. The van der Waals surface area contributed by atoms with Gasteiger partial charge in [0.05, 0.1) is 11.8 Å². The molecule has 0 radical (unpaired) electrons. The van der Waals surface area contributed by atoms with E-state index in [0.717, 1.165) is 0 Å². The second-order valence-corrected chi connectivity index (χ2v) is 6.39. The highest BCUT2D eigenvalue weighted by atomic mass is 32.2. The van der Waals surface area contributed by atoms with Crippen molar-refractivity contribution in [1.29, 1.82) is 0 Å². The molecule has 0 fully saturated rings. The Labute approximate surface area is 118 Å². The molecule has 108 valence electrons. The smallest absolute Gasteiger partial charge is 0.277 e. The molecule has 0 aliphatic rings. The first-order valence-corrected chi connectivity index (χ1v) is 7.18. The van der Waals surface area contributed by atoms with E-state index in [4.69, 9.17) is 4.42 Å². The Hall–Kier alpha value is -1.08. The van der Waals surface area contributed by atoms with Gasteiger partial charge in [-0.25, -0.2) is 0 Å². The summed E-state index contributed by atoms with van der Waals surface area (Å²) in [5.41, 5.74) is 0. The van der Waals surface area contributed by atoms with E-state index in [1.54, 1.807) is 0 Å². The molecule has 1 aromatic rings. The first-order chi connectivity index (χ1) is 8.88. The fraction of sp³-hybridized carbons (Fsp3) is 0.750. The van der Waals surface area contributed by atoms with Crippen molar-refractivity contribution in [3.8, 4) is 0 Å². The van der Waals surface area contributed by atoms with E-state index in [1.807, 2.05) is 25.9 Å². The average molecular weight is 286 g/mol. The zero-order valence-electron chi connectivity index (χ0n) is 12.1. The fourth-order valence-corrected chi connectivity index (χ4v) is 2.00. The van der Waals surface area contributed by atoms with Crippen molar-refractivity contribution in [3.63, 3.8) is 0 Å². The van der Waals surface area contributed by atoms with Gasteiger partial charge >= 0.3 is 0 Å². The number of amides is 1. The van der Waals surface area contributed by atoms with E-state index in [0.29, 0.717) is 30.1 Å². The van der Waals surface area contributed by atoms with Crippen molar-refractivity contribution in [2.45, 2.75) is 37.8 Å². The SMILES string of the molecule is CC(C)CNC(=O)[C@H](C)Sc1nnc(CN(C)C)o1. The molecule has 0 unspecified atom stereocenters. The van der Waals surface area contributed by atoms with Gasteiger partial charge in [-0.15, -0.1) is 10.2 Å². The monoisotopic (exact) mass is 286 g/mol. The highest BCUT2D eigenvalue weighted by Gasteiger charge is 2.18. The number of hydrogen-bond donors (Lipinski definition) is 1. The number of thioether (sulfide) groups is 1. The van der Waals surface area contributed by atoms with Gasteiger partial charge in [0.25, 0.3) is 5.22 Å². The Kier molecular flexibility index (Phi) is 6.30. The van der Waals surface area contributed by atoms with Crippen LogP contribution in [0.3, 0.4) is 0 Å². The Morgan fingerprint density at radius 1 is 1.37 bits per heavy atom. The summed E-state index contributed by atoms with van der Waals surface area (Å²) in [4.78, 5) is 13.8. The minimum absolute atomic E-state index is 0.00828. The maximum atomic E-state index is 11.8. The minimum atomic E-state index is -0.244. The van der Waals surface area contributed by atoms with E-state index < -0.39 is 0 Å². The topological polar surface area (TPSA) is 71.3 Å².